The Morgan fingerprint density at radius 3 is 2.44 bits per heavy atom. The molecule has 0 amide bonds. The van der Waals surface area contributed by atoms with Crippen LogP contribution in [0, 0.1) is 5.41 Å². The Labute approximate surface area is 184 Å². The van der Waals surface area contributed by atoms with Gasteiger partial charge in [0.05, 0.1) is 5.75 Å². The molecule has 0 radical (unpaired) electrons. The molecule has 2 aliphatic carbocycles. The highest BCUT2D eigenvalue weighted by molar-refractivity contribution is 14.0. The molecule has 27 heavy (non-hydrogen) atoms. The number of guanidine groups is 1. The maximum atomic E-state index is 11.6. The smallest absolute Gasteiger partial charge is 0.191 e. The van der Waals surface area contributed by atoms with Crippen molar-refractivity contribution in [2.75, 3.05) is 31.6 Å². The number of nitrogens with zero attached hydrogens (tertiary/aromatic N) is 1. The maximum absolute atomic E-state index is 11.6. The van der Waals surface area contributed by atoms with Gasteiger partial charge in [0.2, 0.25) is 0 Å². The van der Waals surface area contributed by atoms with Gasteiger partial charge in [-0.15, -0.1) is 24.0 Å². The van der Waals surface area contributed by atoms with E-state index in [0.717, 1.165) is 49.8 Å². The van der Waals surface area contributed by atoms with E-state index in [4.69, 9.17) is 11.6 Å². The van der Waals surface area contributed by atoms with Crippen LogP contribution in [0.4, 0.5) is 0 Å². The highest BCUT2D eigenvalue weighted by Gasteiger charge is 2.46. The topological polar surface area (TPSA) is 70.6 Å². The molecule has 5 nitrogen and oxygen atoms in total. The van der Waals surface area contributed by atoms with Crippen molar-refractivity contribution < 1.29 is 8.42 Å². The first-order valence-electron chi connectivity index (χ1n) is 9.22. The summed E-state index contributed by atoms with van der Waals surface area (Å²) in [6, 6.07) is 8.08. The minimum atomic E-state index is -2.97. The molecule has 0 spiro atoms. The molecule has 2 saturated carbocycles. The summed E-state index contributed by atoms with van der Waals surface area (Å²) in [6.45, 7) is 4.16. The molecular formula is C19H29ClIN3O2S. The van der Waals surface area contributed by atoms with Crippen LogP contribution in [0.2, 0.25) is 5.02 Å². The van der Waals surface area contributed by atoms with E-state index in [1.165, 1.54) is 11.8 Å². The van der Waals surface area contributed by atoms with Gasteiger partial charge >= 0.3 is 0 Å². The molecule has 0 unspecified atom stereocenters. The zero-order valence-corrected chi connectivity index (χ0v) is 19.8. The second-order valence-corrected chi connectivity index (χ2v) is 10.5. The fourth-order valence-corrected chi connectivity index (χ4v) is 5.14. The van der Waals surface area contributed by atoms with Gasteiger partial charge in [0.1, 0.15) is 9.84 Å². The quantitative estimate of drug-likeness (QED) is 0.310. The Bertz CT molecular complexity index is 790. The van der Waals surface area contributed by atoms with Gasteiger partial charge in [-0.3, -0.25) is 4.99 Å². The summed E-state index contributed by atoms with van der Waals surface area (Å²) in [4.78, 5) is 4.68. The number of hydrogen-bond donors (Lipinski definition) is 2. The number of sulfone groups is 1. The molecule has 1 aromatic carbocycles. The zero-order valence-electron chi connectivity index (χ0n) is 15.9. The molecule has 8 heteroatoms. The van der Waals surface area contributed by atoms with E-state index in [2.05, 4.69) is 21.7 Å². The van der Waals surface area contributed by atoms with Crippen LogP contribution in [-0.4, -0.2) is 46.0 Å². The van der Waals surface area contributed by atoms with Crippen LogP contribution in [0.3, 0.4) is 0 Å². The number of nitrogens with one attached hydrogen (secondary N) is 2. The van der Waals surface area contributed by atoms with Gasteiger partial charge in [0, 0.05) is 41.7 Å². The second-order valence-electron chi connectivity index (χ2n) is 7.91. The van der Waals surface area contributed by atoms with Crippen molar-refractivity contribution in [1.82, 2.24) is 10.6 Å². The molecule has 0 aromatic heterocycles. The third-order valence-corrected chi connectivity index (χ3v) is 6.70. The monoisotopic (exact) mass is 525 g/mol. The second kappa shape index (κ2) is 8.86. The average Bonchev–Trinajstić information content (AvgIpc) is 3.46. The molecule has 0 heterocycles. The molecule has 1 aromatic rings. The van der Waals surface area contributed by atoms with Gasteiger partial charge in [-0.2, -0.15) is 0 Å². The van der Waals surface area contributed by atoms with Crippen molar-refractivity contribution in [3.63, 3.8) is 0 Å². The number of aliphatic imine (C=N–C) groups is 1. The van der Waals surface area contributed by atoms with Crippen molar-refractivity contribution in [3.8, 4) is 0 Å². The standard InChI is InChI=1S/C19H28ClN3O2S.HI/c1-3-21-17(22-12-18(7-8-18)14-26(2,24)25)23-13-19(9-10-19)15-5-4-6-16(20)11-15;/h4-6,11H,3,7-10,12-14H2,1-2H3,(H2,21,22,23);1H. The molecule has 0 aliphatic heterocycles. The molecule has 0 saturated heterocycles. The van der Waals surface area contributed by atoms with Crippen molar-refractivity contribution in [2.24, 2.45) is 10.4 Å². The Balaban J connectivity index is 0.00000261. The highest BCUT2D eigenvalue weighted by Crippen LogP contribution is 2.48. The lowest BCUT2D eigenvalue weighted by Crippen LogP contribution is -2.41. The Hall–Kier alpha value is -0.540. The lowest BCUT2D eigenvalue weighted by Gasteiger charge is -2.20. The summed E-state index contributed by atoms with van der Waals surface area (Å²) in [6.07, 6.45) is 5.46. The van der Waals surface area contributed by atoms with Crippen LogP contribution >= 0.6 is 35.6 Å². The lowest BCUT2D eigenvalue weighted by molar-refractivity contribution is 0.549. The molecule has 0 atom stereocenters. The zero-order chi connectivity index (χ0) is 18.8. The third kappa shape index (κ3) is 6.49. The van der Waals surface area contributed by atoms with E-state index in [0.29, 0.717) is 6.54 Å². The van der Waals surface area contributed by atoms with E-state index in [1.807, 2.05) is 25.1 Å². The van der Waals surface area contributed by atoms with Crippen LogP contribution in [0.15, 0.2) is 29.3 Å². The molecule has 2 aliphatic rings. The van der Waals surface area contributed by atoms with Gasteiger partial charge < -0.3 is 10.6 Å². The molecule has 0 bridgehead atoms. The Morgan fingerprint density at radius 1 is 1.22 bits per heavy atom. The first-order valence-corrected chi connectivity index (χ1v) is 11.7. The average molecular weight is 526 g/mol. The number of halogens is 2. The minimum absolute atomic E-state index is 0. The first kappa shape index (κ1) is 22.7. The number of hydrogen-bond acceptors (Lipinski definition) is 3. The van der Waals surface area contributed by atoms with E-state index in [1.54, 1.807) is 0 Å². The van der Waals surface area contributed by atoms with Crippen LogP contribution in [-0.2, 0) is 15.3 Å². The van der Waals surface area contributed by atoms with Crippen molar-refractivity contribution in [1.29, 1.82) is 0 Å². The minimum Gasteiger partial charge on any atom is -0.357 e. The predicted molar refractivity (Wildman–Crippen MR) is 123 cm³/mol. The summed E-state index contributed by atoms with van der Waals surface area (Å²) < 4.78 is 23.2. The molecule has 3 rings (SSSR count). The van der Waals surface area contributed by atoms with E-state index >= 15 is 0 Å². The van der Waals surface area contributed by atoms with Crippen molar-refractivity contribution >= 4 is 51.4 Å². The van der Waals surface area contributed by atoms with Crippen LogP contribution in [0.25, 0.3) is 0 Å². The van der Waals surface area contributed by atoms with Gasteiger partial charge in [-0.25, -0.2) is 8.42 Å². The van der Waals surface area contributed by atoms with Gasteiger partial charge in [0.25, 0.3) is 0 Å². The molecule has 2 fully saturated rings. The van der Waals surface area contributed by atoms with Gasteiger partial charge in [-0.1, -0.05) is 23.7 Å². The lowest BCUT2D eigenvalue weighted by atomic mass is 9.96. The summed E-state index contributed by atoms with van der Waals surface area (Å²) in [5, 5.41) is 7.49. The van der Waals surface area contributed by atoms with Crippen LogP contribution < -0.4 is 10.6 Å². The van der Waals surface area contributed by atoms with E-state index in [9.17, 15) is 8.42 Å². The summed E-state index contributed by atoms with van der Waals surface area (Å²) in [5.74, 6) is 0.996. The molecule has 152 valence electrons. The third-order valence-electron chi connectivity index (χ3n) is 5.33. The number of benzene rings is 1. The predicted octanol–water partition coefficient (Wildman–Crippen LogP) is 3.37. The Kier molecular flexibility index (Phi) is 7.47. The van der Waals surface area contributed by atoms with Crippen LogP contribution in [0.1, 0.15) is 38.2 Å². The van der Waals surface area contributed by atoms with Crippen molar-refractivity contribution in [2.45, 2.75) is 38.0 Å². The summed E-state index contributed by atoms with van der Waals surface area (Å²) in [7, 11) is -2.97. The van der Waals surface area contributed by atoms with E-state index in [-0.39, 0.29) is 40.6 Å². The largest absolute Gasteiger partial charge is 0.357 e. The molecular weight excluding hydrogens is 497 g/mol. The van der Waals surface area contributed by atoms with Gasteiger partial charge in [-0.05, 0) is 50.3 Å². The fourth-order valence-electron chi connectivity index (χ4n) is 3.46. The normalized spacial score (nSPS) is 19.7. The SMILES string of the molecule is CCNC(=NCC1(CS(C)(=O)=O)CC1)NCC1(c2cccc(Cl)c2)CC1.I. The highest BCUT2D eigenvalue weighted by atomic mass is 127. The maximum Gasteiger partial charge on any atom is 0.191 e. The molecule has 2 N–H and O–H groups in total. The Morgan fingerprint density at radius 2 is 1.93 bits per heavy atom. The van der Waals surface area contributed by atoms with Gasteiger partial charge in [0.15, 0.2) is 5.96 Å². The first-order chi connectivity index (χ1) is 12.3. The van der Waals surface area contributed by atoms with E-state index < -0.39 is 9.84 Å². The fraction of sp³-hybridized carbons (Fsp3) is 0.632. The van der Waals surface area contributed by atoms with Crippen molar-refractivity contribution in [3.05, 3.63) is 34.9 Å². The summed E-state index contributed by atoms with van der Waals surface area (Å²) >= 11 is 6.15. The summed E-state index contributed by atoms with van der Waals surface area (Å²) in [5.41, 5.74) is 1.25. The van der Waals surface area contributed by atoms with Crippen LogP contribution in [0.5, 0.6) is 0 Å². The number of rotatable bonds is 8.